The standard InChI is InChI=1S/C21H25N7O/c1-21(2,3)14-28-13-15(9-24-28)18-7-6-17(10-22-18)25-20(29)16-11-27(12-16)19-5-4-8-23-26-19/h4-10,13,16H,11-12,14H2,1-3H3,(H,25,29). The molecule has 0 radical (unpaired) electrons. The first-order chi connectivity index (χ1) is 13.9. The molecule has 8 heteroatoms. The van der Waals surface area contributed by atoms with Crippen LogP contribution < -0.4 is 10.2 Å². The predicted molar refractivity (Wildman–Crippen MR) is 111 cm³/mol. The van der Waals surface area contributed by atoms with E-state index in [1.165, 1.54) is 0 Å². The van der Waals surface area contributed by atoms with Crippen LogP contribution in [0.25, 0.3) is 11.3 Å². The first-order valence-corrected chi connectivity index (χ1v) is 9.70. The quantitative estimate of drug-likeness (QED) is 0.719. The molecule has 29 heavy (non-hydrogen) atoms. The fraction of sp³-hybridized carbons (Fsp3) is 0.381. The van der Waals surface area contributed by atoms with Gasteiger partial charge in [-0.25, -0.2) is 0 Å². The van der Waals surface area contributed by atoms with Crippen molar-refractivity contribution in [3.8, 4) is 11.3 Å². The monoisotopic (exact) mass is 391 g/mol. The summed E-state index contributed by atoms with van der Waals surface area (Å²) in [6, 6.07) is 7.52. The number of pyridine rings is 1. The van der Waals surface area contributed by atoms with Crippen molar-refractivity contribution in [1.29, 1.82) is 0 Å². The number of nitrogens with one attached hydrogen (secondary N) is 1. The molecule has 1 fully saturated rings. The van der Waals surface area contributed by atoms with Gasteiger partial charge in [0.2, 0.25) is 5.91 Å². The second-order valence-electron chi connectivity index (χ2n) is 8.59. The van der Waals surface area contributed by atoms with E-state index in [9.17, 15) is 4.79 Å². The van der Waals surface area contributed by atoms with Crippen LogP contribution in [0.2, 0.25) is 0 Å². The number of carbonyl (C=O) groups excluding carboxylic acids is 1. The number of hydrogen-bond donors (Lipinski definition) is 1. The first kappa shape index (κ1) is 19.0. The molecule has 0 aliphatic carbocycles. The van der Waals surface area contributed by atoms with E-state index in [2.05, 4.69) is 46.4 Å². The van der Waals surface area contributed by atoms with Gasteiger partial charge in [-0.15, -0.1) is 5.10 Å². The van der Waals surface area contributed by atoms with Crippen molar-refractivity contribution in [2.75, 3.05) is 23.3 Å². The SMILES string of the molecule is CC(C)(C)Cn1cc(-c2ccc(NC(=O)C3CN(c4cccnn4)C3)cn2)cn1. The van der Waals surface area contributed by atoms with Crippen molar-refractivity contribution in [2.24, 2.45) is 11.3 Å². The molecule has 1 saturated heterocycles. The zero-order valence-electron chi connectivity index (χ0n) is 16.9. The number of anilines is 2. The Labute approximate surface area is 170 Å². The Bertz CT molecular complexity index is 970. The molecule has 4 heterocycles. The largest absolute Gasteiger partial charge is 0.353 e. The van der Waals surface area contributed by atoms with E-state index in [1.807, 2.05) is 46.2 Å². The van der Waals surface area contributed by atoms with E-state index in [1.54, 1.807) is 12.4 Å². The van der Waals surface area contributed by atoms with Crippen molar-refractivity contribution >= 4 is 17.4 Å². The summed E-state index contributed by atoms with van der Waals surface area (Å²) >= 11 is 0. The molecule has 0 bridgehead atoms. The molecule has 4 rings (SSSR count). The Hall–Kier alpha value is -3.29. The lowest BCUT2D eigenvalue weighted by atomic mass is 9.97. The molecular weight excluding hydrogens is 366 g/mol. The average molecular weight is 391 g/mol. The van der Waals surface area contributed by atoms with Gasteiger partial charge < -0.3 is 10.2 Å². The van der Waals surface area contributed by atoms with E-state index >= 15 is 0 Å². The highest BCUT2D eigenvalue weighted by molar-refractivity contribution is 5.94. The Balaban J connectivity index is 1.32. The van der Waals surface area contributed by atoms with E-state index in [0.717, 1.165) is 23.6 Å². The third kappa shape index (κ3) is 4.59. The Morgan fingerprint density at radius 3 is 2.69 bits per heavy atom. The summed E-state index contributed by atoms with van der Waals surface area (Å²) in [7, 11) is 0. The summed E-state index contributed by atoms with van der Waals surface area (Å²) in [6.45, 7) is 8.66. The summed E-state index contributed by atoms with van der Waals surface area (Å²) < 4.78 is 1.94. The smallest absolute Gasteiger partial charge is 0.231 e. The van der Waals surface area contributed by atoms with Crippen LogP contribution in [-0.4, -0.2) is 44.0 Å². The molecule has 150 valence electrons. The molecule has 1 N–H and O–H groups in total. The molecule has 0 unspecified atom stereocenters. The van der Waals surface area contributed by atoms with E-state index in [0.29, 0.717) is 18.8 Å². The van der Waals surface area contributed by atoms with Crippen molar-refractivity contribution in [3.63, 3.8) is 0 Å². The zero-order valence-corrected chi connectivity index (χ0v) is 16.9. The highest BCUT2D eigenvalue weighted by Crippen LogP contribution is 2.24. The Kier molecular flexibility index (Phi) is 5.00. The van der Waals surface area contributed by atoms with Crippen LogP contribution >= 0.6 is 0 Å². The molecule has 1 aliphatic heterocycles. The van der Waals surface area contributed by atoms with Crippen molar-refractivity contribution in [2.45, 2.75) is 27.3 Å². The Morgan fingerprint density at radius 2 is 2.03 bits per heavy atom. The molecule has 0 aromatic carbocycles. The van der Waals surface area contributed by atoms with Crippen LogP contribution in [0, 0.1) is 11.3 Å². The van der Waals surface area contributed by atoms with Gasteiger partial charge in [-0.05, 0) is 29.7 Å². The fourth-order valence-corrected chi connectivity index (χ4v) is 3.24. The van der Waals surface area contributed by atoms with Crippen LogP contribution in [0.5, 0.6) is 0 Å². The molecular formula is C21H25N7O. The normalized spacial score (nSPS) is 14.5. The highest BCUT2D eigenvalue weighted by atomic mass is 16.2. The number of rotatable bonds is 5. The van der Waals surface area contributed by atoms with Crippen LogP contribution in [0.1, 0.15) is 20.8 Å². The van der Waals surface area contributed by atoms with Gasteiger partial charge >= 0.3 is 0 Å². The number of amides is 1. The van der Waals surface area contributed by atoms with Gasteiger partial charge in [0.05, 0.1) is 29.7 Å². The van der Waals surface area contributed by atoms with Gasteiger partial charge in [0.25, 0.3) is 0 Å². The van der Waals surface area contributed by atoms with Crippen LogP contribution in [0.4, 0.5) is 11.5 Å². The van der Waals surface area contributed by atoms with E-state index in [4.69, 9.17) is 0 Å². The van der Waals surface area contributed by atoms with Gasteiger partial charge in [0, 0.05) is 37.6 Å². The second kappa shape index (κ2) is 7.62. The third-order valence-electron chi connectivity index (χ3n) is 4.73. The lowest BCUT2D eigenvalue weighted by molar-refractivity contribution is -0.120. The number of nitrogens with zero attached hydrogens (tertiary/aromatic N) is 6. The van der Waals surface area contributed by atoms with Crippen molar-refractivity contribution < 1.29 is 4.79 Å². The average Bonchev–Trinajstić information content (AvgIpc) is 3.08. The lowest BCUT2D eigenvalue weighted by Gasteiger charge is -2.38. The van der Waals surface area contributed by atoms with Crippen LogP contribution in [0.3, 0.4) is 0 Å². The van der Waals surface area contributed by atoms with E-state index < -0.39 is 0 Å². The number of carbonyl (C=O) groups is 1. The topological polar surface area (TPSA) is 88.8 Å². The molecule has 8 nitrogen and oxygen atoms in total. The lowest BCUT2D eigenvalue weighted by Crippen LogP contribution is -2.52. The maximum absolute atomic E-state index is 12.4. The third-order valence-corrected chi connectivity index (χ3v) is 4.73. The van der Waals surface area contributed by atoms with Gasteiger partial charge in [0.15, 0.2) is 5.82 Å². The van der Waals surface area contributed by atoms with Gasteiger partial charge in [-0.1, -0.05) is 20.8 Å². The summed E-state index contributed by atoms with van der Waals surface area (Å²) in [5.41, 5.74) is 2.65. The first-order valence-electron chi connectivity index (χ1n) is 9.70. The minimum absolute atomic E-state index is 0.00214. The minimum Gasteiger partial charge on any atom is -0.353 e. The molecule has 3 aromatic rings. The van der Waals surface area contributed by atoms with Gasteiger partial charge in [-0.3, -0.25) is 14.5 Å². The van der Waals surface area contributed by atoms with Crippen molar-refractivity contribution in [3.05, 3.63) is 49.1 Å². The molecule has 3 aromatic heterocycles. The molecule has 1 amide bonds. The zero-order chi connectivity index (χ0) is 20.4. The molecule has 0 saturated carbocycles. The minimum atomic E-state index is -0.0627. The maximum atomic E-state index is 12.4. The maximum Gasteiger partial charge on any atom is 0.231 e. The molecule has 0 spiro atoms. The summed E-state index contributed by atoms with van der Waals surface area (Å²) in [4.78, 5) is 19.0. The molecule has 1 aliphatic rings. The summed E-state index contributed by atoms with van der Waals surface area (Å²) in [5, 5.41) is 15.3. The van der Waals surface area contributed by atoms with E-state index in [-0.39, 0.29) is 17.2 Å². The van der Waals surface area contributed by atoms with Gasteiger partial charge in [0.1, 0.15) is 0 Å². The summed E-state index contributed by atoms with van der Waals surface area (Å²) in [6.07, 6.45) is 7.15. The number of aromatic nitrogens is 5. The Morgan fingerprint density at radius 1 is 1.21 bits per heavy atom. The predicted octanol–water partition coefficient (Wildman–Crippen LogP) is 2.86. The van der Waals surface area contributed by atoms with Gasteiger partial charge in [-0.2, -0.15) is 10.2 Å². The number of hydrogen-bond acceptors (Lipinski definition) is 6. The summed E-state index contributed by atoms with van der Waals surface area (Å²) in [5.74, 6) is 0.736. The van der Waals surface area contributed by atoms with Crippen LogP contribution in [0.15, 0.2) is 49.1 Å². The van der Waals surface area contributed by atoms with Crippen molar-refractivity contribution in [1.82, 2.24) is 25.0 Å². The highest BCUT2D eigenvalue weighted by Gasteiger charge is 2.33. The molecule has 0 atom stereocenters. The van der Waals surface area contributed by atoms with Crippen LogP contribution in [-0.2, 0) is 11.3 Å². The fourth-order valence-electron chi connectivity index (χ4n) is 3.24. The second-order valence-corrected chi connectivity index (χ2v) is 8.59.